The molecule has 1 saturated heterocycles. The van der Waals surface area contributed by atoms with Crippen molar-refractivity contribution in [2.45, 2.75) is 26.3 Å². The molecule has 0 amide bonds. The minimum absolute atomic E-state index is 0. The lowest BCUT2D eigenvalue weighted by atomic mass is 9.89. The SMILES string of the molecule is Cc1cccc2c1n(-c1cccc3c1OCO3)c(=O)n2CCN1CCC(C(=O)c2ccc(F)cc2)CC1.Cl. The summed E-state index contributed by atoms with van der Waals surface area (Å²) in [6.45, 7) is 4.94. The van der Waals surface area contributed by atoms with E-state index in [1.807, 2.05) is 47.9 Å². The number of rotatable bonds is 6. The van der Waals surface area contributed by atoms with Crippen LogP contribution in [0.25, 0.3) is 16.7 Å². The molecule has 198 valence electrons. The number of hydrogen-bond acceptors (Lipinski definition) is 5. The van der Waals surface area contributed by atoms with Gasteiger partial charge in [0.05, 0.1) is 16.7 Å². The van der Waals surface area contributed by atoms with Crippen LogP contribution in [0.4, 0.5) is 4.39 Å². The van der Waals surface area contributed by atoms with Gasteiger partial charge in [0.2, 0.25) is 6.79 Å². The molecular formula is C29H29ClFN3O4. The van der Waals surface area contributed by atoms with E-state index in [2.05, 4.69) is 4.90 Å². The van der Waals surface area contributed by atoms with Gasteiger partial charge in [-0.25, -0.2) is 9.18 Å². The number of Topliss-reactive ketones (excluding diaryl/α,β-unsaturated/α-hetero) is 1. The van der Waals surface area contributed by atoms with Gasteiger partial charge in [-0.05, 0) is 80.9 Å². The standard InChI is InChI=1S/C29H28FN3O4.ClH/c1-19-4-2-5-23-26(19)33(24-6-3-7-25-28(24)37-18-36-25)29(35)32(23)17-16-31-14-12-21(13-15-31)27(34)20-8-10-22(30)11-9-20;/h2-11,21H,12-18H2,1H3;1H. The number of hydrogen-bond donors (Lipinski definition) is 0. The van der Waals surface area contributed by atoms with Crippen molar-refractivity contribution >= 4 is 29.2 Å². The van der Waals surface area contributed by atoms with E-state index in [4.69, 9.17) is 9.47 Å². The molecule has 4 aromatic rings. The molecule has 3 aromatic carbocycles. The van der Waals surface area contributed by atoms with Crippen LogP contribution in [-0.2, 0) is 6.54 Å². The number of imidazole rings is 1. The molecule has 0 spiro atoms. The molecule has 0 saturated carbocycles. The Hall–Kier alpha value is -3.62. The summed E-state index contributed by atoms with van der Waals surface area (Å²) >= 11 is 0. The third-order valence-corrected chi connectivity index (χ3v) is 7.50. The molecule has 0 N–H and O–H groups in total. The Morgan fingerprint density at radius 2 is 1.71 bits per heavy atom. The van der Waals surface area contributed by atoms with Gasteiger partial charge in [0.25, 0.3) is 0 Å². The van der Waals surface area contributed by atoms with E-state index < -0.39 is 0 Å². The number of likely N-dealkylation sites (tertiary alicyclic amines) is 1. The molecule has 0 unspecified atom stereocenters. The highest BCUT2D eigenvalue weighted by atomic mass is 35.5. The number of nitrogens with zero attached hydrogens (tertiary/aromatic N) is 3. The largest absolute Gasteiger partial charge is 0.454 e. The van der Waals surface area contributed by atoms with Crippen molar-refractivity contribution in [2.24, 2.45) is 5.92 Å². The first-order valence-electron chi connectivity index (χ1n) is 12.6. The van der Waals surface area contributed by atoms with Crippen LogP contribution in [0, 0.1) is 18.7 Å². The van der Waals surface area contributed by atoms with Crippen LogP contribution in [0.2, 0.25) is 0 Å². The zero-order valence-electron chi connectivity index (χ0n) is 21.1. The van der Waals surface area contributed by atoms with Crippen LogP contribution in [0.1, 0.15) is 28.8 Å². The van der Waals surface area contributed by atoms with Crippen molar-refractivity contribution in [2.75, 3.05) is 26.4 Å². The van der Waals surface area contributed by atoms with E-state index in [9.17, 15) is 14.0 Å². The van der Waals surface area contributed by atoms with Gasteiger partial charge in [0, 0.05) is 24.6 Å². The molecule has 2 aliphatic rings. The van der Waals surface area contributed by atoms with Gasteiger partial charge in [-0.2, -0.15) is 0 Å². The third kappa shape index (κ3) is 4.59. The number of halogens is 2. The van der Waals surface area contributed by atoms with E-state index in [1.165, 1.54) is 12.1 Å². The van der Waals surface area contributed by atoms with Crippen LogP contribution in [0.15, 0.2) is 65.5 Å². The smallest absolute Gasteiger partial charge is 0.333 e. The number of piperidine rings is 1. The summed E-state index contributed by atoms with van der Waals surface area (Å²) in [4.78, 5) is 28.9. The molecule has 0 bridgehead atoms. The first kappa shape index (κ1) is 26.0. The molecule has 0 atom stereocenters. The van der Waals surface area contributed by atoms with Crippen LogP contribution < -0.4 is 15.2 Å². The quantitative estimate of drug-likeness (QED) is 0.324. The predicted molar refractivity (Wildman–Crippen MR) is 146 cm³/mol. The maximum Gasteiger partial charge on any atom is 0.333 e. The zero-order chi connectivity index (χ0) is 25.5. The lowest BCUT2D eigenvalue weighted by Gasteiger charge is -2.31. The van der Waals surface area contributed by atoms with Gasteiger partial charge in [0.15, 0.2) is 17.3 Å². The van der Waals surface area contributed by atoms with Gasteiger partial charge < -0.3 is 14.4 Å². The second kappa shape index (κ2) is 10.6. The van der Waals surface area contributed by atoms with Gasteiger partial charge >= 0.3 is 5.69 Å². The van der Waals surface area contributed by atoms with E-state index in [-0.39, 0.29) is 42.4 Å². The molecule has 0 aliphatic carbocycles. The zero-order valence-corrected chi connectivity index (χ0v) is 21.9. The molecule has 38 heavy (non-hydrogen) atoms. The number of ketones is 1. The Kier molecular flexibility index (Phi) is 7.27. The summed E-state index contributed by atoms with van der Waals surface area (Å²) in [6, 6.07) is 17.3. The summed E-state index contributed by atoms with van der Waals surface area (Å²) in [7, 11) is 0. The maximum atomic E-state index is 13.8. The molecule has 7 nitrogen and oxygen atoms in total. The first-order valence-corrected chi connectivity index (χ1v) is 12.6. The van der Waals surface area contributed by atoms with Crippen LogP contribution in [-0.4, -0.2) is 46.2 Å². The average molecular weight is 538 g/mol. The third-order valence-electron chi connectivity index (χ3n) is 7.50. The Balaban J connectivity index is 0.00000294. The molecule has 9 heteroatoms. The minimum atomic E-state index is -0.337. The molecule has 3 heterocycles. The number of aromatic nitrogens is 2. The Bertz CT molecular complexity index is 1540. The number of aryl methyl sites for hydroxylation is 1. The highest BCUT2D eigenvalue weighted by molar-refractivity contribution is 5.97. The highest BCUT2D eigenvalue weighted by Gasteiger charge is 2.27. The molecule has 0 radical (unpaired) electrons. The van der Waals surface area contributed by atoms with E-state index >= 15 is 0 Å². The number of ether oxygens (including phenoxy) is 2. The summed E-state index contributed by atoms with van der Waals surface area (Å²) in [5, 5.41) is 0. The van der Waals surface area contributed by atoms with Gasteiger partial charge in [0.1, 0.15) is 5.82 Å². The number of fused-ring (bicyclic) bond motifs is 2. The predicted octanol–water partition coefficient (Wildman–Crippen LogP) is 4.99. The van der Waals surface area contributed by atoms with Crippen molar-refractivity contribution in [3.8, 4) is 17.2 Å². The van der Waals surface area contributed by atoms with Crippen LogP contribution in [0.5, 0.6) is 11.5 Å². The Morgan fingerprint density at radius 3 is 2.47 bits per heavy atom. The van der Waals surface area contributed by atoms with Crippen molar-refractivity contribution < 1.29 is 18.7 Å². The topological polar surface area (TPSA) is 65.7 Å². The first-order chi connectivity index (χ1) is 18.0. The summed E-state index contributed by atoms with van der Waals surface area (Å²) in [6.07, 6.45) is 1.50. The monoisotopic (exact) mass is 537 g/mol. The van der Waals surface area contributed by atoms with Crippen molar-refractivity contribution in [1.29, 1.82) is 0 Å². The number of carbonyl (C=O) groups is 1. The maximum absolute atomic E-state index is 13.8. The van der Waals surface area contributed by atoms with E-state index in [1.54, 1.807) is 16.7 Å². The van der Waals surface area contributed by atoms with Crippen LogP contribution >= 0.6 is 12.4 Å². The van der Waals surface area contributed by atoms with Crippen LogP contribution in [0.3, 0.4) is 0 Å². The number of carbonyl (C=O) groups excluding carboxylic acids is 1. The second-order valence-electron chi connectivity index (χ2n) is 9.71. The molecule has 6 rings (SSSR count). The van der Waals surface area contributed by atoms with Crippen molar-refractivity contribution in [3.63, 3.8) is 0 Å². The molecule has 1 fully saturated rings. The normalized spacial score (nSPS) is 15.5. The van der Waals surface area contributed by atoms with Crippen molar-refractivity contribution in [3.05, 3.63) is 88.1 Å². The Labute approximate surface area is 225 Å². The Morgan fingerprint density at radius 1 is 0.974 bits per heavy atom. The highest BCUT2D eigenvalue weighted by Crippen LogP contribution is 2.38. The summed E-state index contributed by atoms with van der Waals surface area (Å²) < 4.78 is 28.0. The molecule has 1 aromatic heterocycles. The fourth-order valence-electron chi connectivity index (χ4n) is 5.51. The van der Waals surface area contributed by atoms with E-state index in [0.29, 0.717) is 35.8 Å². The van der Waals surface area contributed by atoms with Gasteiger partial charge in [-0.15, -0.1) is 12.4 Å². The van der Waals surface area contributed by atoms with Gasteiger partial charge in [-0.1, -0.05) is 18.2 Å². The number of benzene rings is 3. The number of para-hydroxylation sites is 2. The fraction of sp³-hybridized carbons (Fsp3) is 0.310. The lowest BCUT2D eigenvalue weighted by molar-refractivity contribution is 0.0837. The average Bonchev–Trinajstić information content (AvgIpc) is 3.51. The lowest BCUT2D eigenvalue weighted by Crippen LogP contribution is -2.39. The molecular weight excluding hydrogens is 509 g/mol. The van der Waals surface area contributed by atoms with Crippen molar-refractivity contribution in [1.82, 2.24) is 14.0 Å². The fourth-order valence-corrected chi connectivity index (χ4v) is 5.51. The molecule has 2 aliphatic heterocycles. The van der Waals surface area contributed by atoms with E-state index in [0.717, 1.165) is 42.5 Å². The van der Waals surface area contributed by atoms with Gasteiger partial charge in [-0.3, -0.25) is 13.9 Å². The second-order valence-corrected chi connectivity index (χ2v) is 9.71. The minimum Gasteiger partial charge on any atom is -0.454 e. The summed E-state index contributed by atoms with van der Waals surface area (Å²) in [5.74, 6) is 0.903. The summed E-state index contributed by atoms with van der Waals surface area (Å²) in [5.41, 5.74) is 3.87.